The van der Waals surface area contributed by atoms with Crippen LogP contribution in [0.1, 0.15) is 58.8 Å². The van der Waals surface area contributed by atoms with Crippen LogP contribution in [0, 0.1) is 34.5 Å². The quantitative estimate of drug-likeness (QED) is 0.671. The molecule has 0 aliphatic heterocycles. The van der Waals surface area contributed by atoms with Gasteiger partial charge in [-0.25, -0.2) is 0 Å². The molecule has 0 aromatic heterocycles. The molecular formula is C19H31NO. The third-order valence-corrected chi connectivity index (χ3v) is 8.24. The minimum atomic E-state index is -0.201. The molecule has 3 fully saturated rings. The molecule has 4 aliphatic carbocycles. The summed E-state index contributed by atoms with van der Waals surface area (Å²) in [6, 6.07) is 0.428. The number of hydrogen-bond acceptors (Lipinski definition) is 2. The molecule has 0 bridgehead atoms. The van der Waals surface area contributed by atoms with Crippen molar-refractivity contribution >= 4 is 0 Å². The van der Waals surface area contributed by atoms with Gasteiger partial charge in [-0.15, -0.1) is 0 Å². The van der Waals surface area contributed by atoms with E-state index in [2.05, 4.69) is 26.0 Å². The zero-order valence-corrected chi connectivity index (χ0v) is 13.6. The Hall–Kier alpha value is -0.340. The SMILES string of the molecule is C[C@]12CC[C@H]3[C@@H](CCC4C[C@H](O)C=C[C@@]43C)[C@@H]1CC[C@@H]2N. The molecule has 21 heavy (non-hydrogen) atoms. The van der Waals surface area contributed by atoms with Crippen LogP contribution in [0.4, 0.5) is 0 Å². The number of nitrogens with two attached hydrogens (primary N) is 1. The van der Waals surface area contributed by atoms with Crippen LogP contribution in [0.15, 0.2) is 12.2 Å². The highest BCUT2D eigenvalue weighted by Gasteiger charge is 2.58. The summed E-state index contributed by atoms with van der Waals surface area (Å²) < 4.78 is 0. The molecule has 2 heteroatoms. The summed E-state index contributed by atoms with van der Waals surface area (Å²) in [7, 11) is 0. The van der Waals surface area contributed by atoms with Crippen molar-refractivity contribution in [2.24, 2.45) is 40.2 Å². The van der Waals surface area contributed by atoms with Crippen molar-refractivity contribution in [3.8, 4) is 0 Å². The third kappa shape index (κ3) is 1.84. The van der Waals surface area contributed by atoms with E-state index in [0.717, 1.165) is 24.2 Å². The second-order valence-corrected chi connectivity index (χ2v) is 8.91. The first-order valence-corrected chi connectivity index (χ1v) is 9.08. The monoisotopic (exact) mass is 289 g/mol. The van der Waals surface area contributed by atoms with Gasteiger partial charge in [0.25, 0.3) is 0 Å². The molecule has 3 saturated carbocycles. The van der Waals surface area contributed by atoms with Crippen LogP contribution < -0.4 is 5.73 Å². The van der Waals surface area contributed by atoms with E-state index < -0.39 is 0 Å². The lowest BCUT2D eigenvalue weighted by molar-refractivity contribution is -0.0789. The first-order chi connectivity index (χ1) is 9.95. The predicted octanol–water partition coefficient (Wildman–Crippen LogP) is 3.49. The minimum Gasteiger partial charge on any atom is -0.389 e. The lowest BCUT2D eigenvalue weighted by atomic mass is 9.46. The van der Waals surface area contributed by atoms with Gasteiger partial charge in [-0.2, -0.15) is 0 Å². The molecule has 4 aliphatic rings. The van der Waals surface area contributed by atoms with Gasteiger partial charge in [-0.05, 0) is 79.4 Å². The summed E-state index contributed by atoms with van der Waals surface area (Å²) in [5, 5.41) is 9.98. The first kappa shape index (κ1) is 14.3. The second kappa shape index (κ2) is 4.58. The number of rotatable bonds is 0. The molecule has 0 heterocycles. The van der Waals surface area contributed by atoms with Gasteiger partial charge in [0.1, 0.15) is 0 Å². The van der Waals surface area contributed by atoms with Gasteiger partial charge in [0.05, 0.1) is 6.10 Å². The van der Waals surface area contributed by atoms with E-state index in [9.17, 15) is 5.11 Å². The Balaban J connectivity index is 1.67. The van der Waals surface area contributed by atoms with E-state index in [4.69, 9.17) is 5.73 Å². The van der Waals surface area contributed by atoms with Crippen LogP contribution in [0.25, 0.3) is 0 Å². The molecular weight excluding hydrogens is 258 g/mol. The largest absolute Gasteiger partial charge is 0.389 e. The highest BCUT2D eigenvalue weighted by molar-refractivity contribution is 5.17. The topological polar surface area (TPSA) is 46.2 Å². The fourth-order valence-corrected chi connectivity index (χ4v) is 6.83. The average Bonchev–Trinajstić information content (AvgIpc) is 2.76. The van der Waals surface area contributed by atoms with E-state index in [-0.39, 0.29) is 6.10 Å². The Bertz CT molecular complexity index is 460. The van der Waals surface area contributed by atoms with Gasteiger partial charge in [0.15, 0.2) is 0 Å². The summed E-state index contributed by atoms with van der Waals surface area (Å²) >= 11 is 0. The van der Waals surface area contributed by atoms with Crippen LogP contribution in [0.5, 0.6) is 0 Å². The Morgan fingerprint density at radius 1 is 1.05 bits per heavy atom. The van der Waals surface area contributed by atoms with Crippen molar-refractivity contribution in [1.29, 1.82) is 0 Å². The van der Waals surface area contributed by atoms with E-state index in [1.54, 1.807) is 0 Å². The number of allylic oxidation sites excluding steroid dienone is 1. The van der Waals surface area contributed by atoms with Gasteiger partial charge in [-0.1, -0.05) is 26.0 Å². The highest BCUT2D eigenvalue weighted by Crippen LogP contribution is 2.64. The summed E-state index contributed by atoms with van der Waals surface area (Å²) in [6.07, 6.45) is 13.2. The van der Waals surface area contributed by atoms with Crippen molar-refractivity contribution in [2.75, 3.05) is 0 Å². The summed E-state index contributed by atoms with van der Waals surface area (Å²) in [5.74, 6) is 3.24. The first-order valence-electron chi connectivity index (χ1n) is 9.08. The second-order valence-electron chi connectivity index (χ2n) is 8.91. The summed E-state index contributed by atoms with van der Waals surface area (Å²) in [4.78, 5) is 0. The standard InChI is InChI=1S/C19H31NO/c1-18-9-7-13(21)11-12(18)3-4-14-15-5-6-17(20)19(15,2)10-8-16(14)18/h7,9,12-17,21H,3-6,8,10-11,20H2,1-2H3/t12?,13-,14+,15+,16+,17+,18+,19+/m1/s1. The van der Waals surface area contributed by atoms with Gasteiger partial charge >= 0.3 is 0 Å². The van der Waals surface area contributed by atoms with Crippen LogP contribution in [-0.4, -0.2) is 17.3 Å². The van der Waals surface area contributed by atoms with E-state index in [0.29, 0.717) is 22.8 Å². The number of fused-ring (bicyclic) bond motifs is 5. The molecule has 2 nitrogen and oxygen atoms in total. The highest BCUT2D eigenvalue weighted by atomic mass is 16.3. The molecule has 0 aromatic rings. The summed E-state index contributed by atoms with van der Waals surface area (Å²) in [5.41, 5.74) is 7.22. The van der Waals surface area contributed by atoms with Crippen molar-refractivity contribution in [3.05, 3.63) is 12.2 Å². The van der Waals surface area contributed by atoms with Crippen LogP contribution >= 0.6 is 0 Å². The van der Waals surface area contributed by atoms with Crippen molar-refractivity contribution in [2.45, 2.75) is 70.9 Å². The lowest BCUT2D eigenvalue weighted by Gasteiger charge is -2.59. The number of aliphatic hydroxyl groups is 1. The van der Waals surface area contributed by atoms with Crippen LogP contribution in [-0.2, 0) is 0 Å². The predicted molar refractivity (Wildman–Crippen MR) is 85.6 cm³/mol. The Morgan fingerprint density at radius 3 is 2.67 bits per heavy atom. The number of hydrogen-bond donors (Lipinski definition) is 2. The zero-order chi connectivity index (χ0) is 14.8. The Kier molecular flexibility index (Phi) is 3.11. The molecule has 4 rings (SSSR count). The third-order valence-electron chi connectivity index (χ3n) is 8.24. The normalized spacial score (nSPS) is 59.2. The van der Waals surface area contributed by atoms with Crippen LogP contribution in [0.2, 0.25) is 0 Å². The molecule has 8 atom stereocenters. The van der Waals surface area contributed by atoms with E-state index in [1.807, 2.05) is 0 Å². The molecule has 3 N–H and O–H groups in total. The molecule has 0 amide bonds. The Labute approximate surface area is 129 Å². The molecule has 0 radical (unpaired) electrons. The number of aliphatic hydroxyl groups excluding tert-OH is 1. The Morgan fingerprint density at radius 2 is 1.86 bits per heavy atom. The van der Waals surface area contributed by atoms with Gasteiger partial charge in [-0.3, -0.25) is 0 Å². The maximum Gasteiger partial charge on any atom is 0.0724 e. The maximum absolute atomic E-state index is 9.98. The van der Waals surface area contributed by atoms with Gasteiger partial charge < -0.3 is 10.8 Å². The molecule has 1 unspecified atom stereocenters. The van der Waals surface area contributed by atoms with E-state index in [1.165, 1.54) is 38.5 Å². The fraction of sp³-hybridized carbons (Fsp3) is 0.895. The smallest absolute Gasteiger partial charge is 0.0724 e. The van der Waals surface area contributed by atoms with Gasteiger partial charge in [0.2, 0.25) is 0 Å². The molecule has 0 spiro atoms. The van der Waals surface area contributed by atoms with Gasteiger partial charge in [0, 0.05) is 6.04 Å². The fourth-order valence-electron chi connectivity index (χ4n) is 6.83. The van der Waals surface area contributed by atoms with Crippen molar-refractivity contribution in [3.63, 3.8) is 0 Å². The molecule has 0 saturated heterocycles. The minimum absolute atomic E-state index is 0.201. The van der Waals surface area contributed by atoms with Crippen molar-refractivity contribution in [1.82, 2.24) is 0 Å². The van der Waals surface area contributed by atoms with Crippen LogP contribution in [0.3, 0.4) is 0 Å². The zero-order valence-electron chi connectivity index (χ0n) is 13.6. The lowest BCUT2D eigenvalue weighted by Crippen LogP contribution is -2.54. The summed E-state index contributed by atoms with van der Waals surface area (Å²) in [6.45, 7) is 4.95. The molecule has 118 valence electrons. The van der Waals surface area contributed by atoms with Crippen molar-refractivity contribution < 1.29 is 5.11 Å². The average molecular weight is 289 g/mol. The van der Waals surface area contributed by atoms with E-state index >= 15 is 0 Å². The molecule has 0 aromatic carbocycles. The maximum atomic E-state index is 9.98.